The van der Waals surface area contributed by atoms with Crippen molar-refractivity contribution >= 4 is 101 Å². The molecule has 1 heterocycles. The number of nitrogens with two attached hydrogens (primary N) is 3. The van der Waals surface area contributed by atoms with Gasteiger partial charge in [-0.3, -0.25) is 76.9 Å². The number of aliphatic hydroxyl groups is 4. The number of H-pyrrole nitrogens is 1. The molecule has 0 aliphatic heterocycles. The Bertz CT molecular complexity index is 3640. The molecule has 28 N–H and O–H groups in total. The normalized spacial score (nSPS) is 16.2. The zero-order valence-corrected chi connectivity index (χ0v) is 66.9. The molecule has 14 amide bonds. The molecule has 2 rings (SSSR count). The van der Waals surface area contributed by atoms with Crippen LogP contribution in [0.15, 0.2) is 41.8 Å². The molecule has 0 bridgehead atoms. The van der Waals surface area contributed by atoms with E-state index in [4.69, 9.17) is 17.2 Å². The predicted molar refractivity (Wildman–Crippen MR) is 411 cm³/mol. The first-order chi connectivity index (χ1) is 53.8. The number of hydrogen-bond acceptors (Lipinski definition) is 24. The first-order valence-corrected chi connectivity index (χ1v) is 37.6. The van der Waals surface area contributed by atoms with Gasteiger partial charge in [-0.25, -0.2) is 9.78 Å². The zero-order chi connectivity index (χ0) is 87.4. The van der Waals surface area contributed by atoms with Gasteiger partial charge in [-0.05, 0) is 108 Å². The number of phenolic OH excluding ortho intramolecular Hbond substituents is 1. The average molecular weight is 1630 g/mol. The van der Waals surface area contributed by atoms with Crippen molar-refractivity contribution in [1.29, 1.82) is 0 Å². The van der Waals surface area contributed by atoms with Gasteiger partial charge in [-0.15, -0.1) is 0 Å². The van der Waals surface area contributed by atoms with Crippen LogP contribution in [0.4, 0.5) is 0 Å². The molecule has 43 heteroatoms. The Morgan fingerprint density at radius 3 is 1.24 bits per heavy atom. The van der Waals surface area contributed by atoms with Gasteiger partial charge < -0.3 is 132 Å². The maximum atomic E-state index is 14.4. The summed E-state index contributed by atoms with van der Waals surface area (Å²) in [6.45, 7) is 16.9. The molecule has 0 aliphatic rings. The maximum Gasteiger partial charge on any atom is 0.328 e. The summed E-state index contributed by atoms with van der Waals surface area (Å²) < 4.78 is 0. The maximum absolute atomic E-state index is 14.4. The van der Waals surface area contributed by atoms with Crippen molar-refractivity contribution in [2.75, 3.05) is 19.8 Å². The molecular formula is C72H118N20O23. The Labute approximate surface area is 665 Å². The zero-order valence-electron chi connectivity index (χ0n) is 66.9. The minimum atomic E-state index is -2.05. The van der Waals surface area contributed by atoms with E-state index < -0.39 is 235 Å². The molecule has 19 atom stereocenters. The lowest BCUT2D eigenvalue weighted by molar-refractivity contribution is -0.146. The van der Waals surface area contributed by atoms with Gasteiger partial charge in [0.1, 0.15) is 84.3 Å². The van der Waals surface area contributed by atoms with Crippen LogP contribution in [0.1, 0.15) is 146 Å². The highest BCUT2D eigenvalue weighted by Gasteiger charge is 2.40. The van der Waals surface area contributed by atoms with Crippen LogP contribution in [0.5, 0.6) is 5.75 Å². The number of nitrogens with one attached hydrogen (secondary N) is 15. The number of aliphatic hydroxyl groups excluding tert-OH is 4. The molecule has 2 aromatic rings. The van der Waals surface area contributed by atoms with Crippen LogP contribution in [-0.2, 0) is 89.6 Å². The van der Waals surface area contributed by atoms with E-state index in [9.17, 15) is 112 Å². The second kappa shape index (κ2) is 49.5. The molecule has 0 saturated carbocycles. The SMILES string of the molecule is CC[C@H](C)[C@H](NC(=O)[C@H](CC(C)C)NC(=O)[C@H](Cc1cnc[nH]1)NC(=O)[C@H](C)NC(=O)[C@H](CC(C)C)NC(=O)[C@H](CC(=O)O)NC(=O)[C@H](CO)NC(=O)[C@H](CCCN=C(N)N)NC(=O)[C@H](C)NC(=O)[C@H](CO)NC(=O)[C@H](C)NC(=O)[C@@H](NC(=O)[C@@H](N)Cc1ccc(O)cc1)[C@@H](C)CC)C(=O)N[C@H](C(=O)N[C@H](C(=O)O)[C@@H](C)O)[C@@H](C)O. The number of imidazole rings is 1. The Hall–Kier alpha value is -11.2. The summed E-state index contributed by atoms with van der Waals surface area (Å²) in [5, 5.41) is 104. The van der Waals surface area contributed by atoms with Gasteiger partial charge in [-0.2, -0.15) is 0 Å². The van der Waals surface area contributed by atoms with Crippen molar-refractivity contribution in [3.63, 3.8) is 0 Å². The van der Waals surface area contributed by atoms with E-state index in [2.05, 4.69) is 89.4 Å². The van der Waals surface area contributed by atoms with Crippen LogP contribution in [0.25, 0.3) is 0 Å². The van der Waals surface area contributed by atoms with Gasteiger partial charge in [0.15, 0.2) is 12.0 Å². The van der Waals surface area contributed by atoms with Crippen LogP contribution >= 0.6 is 0 Å². The summed E-state index contributed by atoms with van der Waals surface area (Å²) in [4.78, 5) is 228. The predicted octanol–water partition coefficient (Wildman–Crippen LogP) is -7.38. The van der Waals surface area contributed by atoms with Crippen molar-refractivity contribution in [2.45, 2.75) is 251 Å². The fraction of sp³-hybridized carbons (Fsp3) is 0.639. The number of aliphatic imine (C=N–C) groups is 1. The van der Waals surface area contributed by atoms with E-state index in [1.807, 2.05) is 0 Å². The minimum absolute atomic E-state index is 0.00302. The molecule has 644 valence electrons. The number of aromatic hydroxyl groups is 1. The standard InChI is InChI=1S/C72H118N20O23/c1-14-34(7)53(89-60(103)44(73)25-41-18-20-43(97)21-19-41)68(111)81-38(11)59(102)87-50(29-93)66(109)80-36(9)57(100)82-45(17-16-22-77-72(74)75)61(104)88-51(30-94)67(110)86-49(27-52(98)99)64(107)84-46(23-32(3)4)62(105)79-37(10)58(101)83-48(26-42-28-76-31-78-42)63(106)85-47(24-33(5)6)65(108)90-54(35(8)15-2)69(112)91-55(39(12)95)70(113)92-56(40(13)96)71(114)115/h18-21,28,31-40,44-51,53-56,93-97H,14-17,22-27,29-30,73H2,1-13H3,(H,76,78)(H,79,105)(H,80,109)(H,81,111)(H,82,100)(H,83,101)(H,84,107)(H,85,106)(H,86,110)(H,87,102)(H,88,104)(H,89,103)(H,90,108)(H,91,112)(H,92,113)(H,98,99)(H,114,115)(H4,74,75,77)/t34-,35-,36-,37-,38-,39+,40+,44-,45-,46-,47-,48-,49-,50-,51-,53-,54-,55-,56-/m0/s1. The monoisotopic (exact) mass is 1630 g/mol. The largest absolute Gasteiger partial charge is 0.508 e. The van der Waals surface area contributed by atoms with Gasteiger partial charge in [-0.1, -0.05) is 80.4 Å². The number of hydrogen-bond donors (Lipinski definition) is 25. The van der Waals surface area contributed by atoms with Crippen molar-refractivity contribution < 1.29 is 112 Å². The van der Waals surface area contributed by atoms with Crippen LogP contribution in [0.3, 0.4) is 0 Å². The molecule has 0 unspecified atom stereocenters. The van der Waals surface area contributed by atoms with E-state index in [-0.39, 0.29) is 69.1 Å². The topological polar surface area (TPSA) is 702 Å². The summed E-state index contributed by atoms with van der Waals surface area (Å²) in [7, 11) is 0. The number of phenols is 1. The smallest absolute Gasteiger partial charge is 0.328 e. The van der Waals surface area contributed by atoms with E-state index in [0.717, 1.165) is 20.8 Å². The Balaban J connectivity index is 2.33. The number of carbonyl (C=O) groups is 16. The molecule has 0 saturated heterocycles. The molecule has 1 aromatic carbocycles. The Kier molecular flexibility index (Phi) is 43.0. The van der Waals surface area contributed by atoms with Crippen LogP contribution < -0.4 is 91.6 Å². The number of carboxylic acid groups (broad SMARTS) is 2. The van der Waals surface area contributed by atoms with Gasteiger partial charge in [0.2, 0.25) is 82.7 Å². The molecule has 0 aliphatic carbocycles. The Morgan fingerprint density at radius 1 is 0.443 bits per heavy atom. The summed E-state index contributed by atoms with van der Waals surface area (Å²) in [5.41, 5.74) is 18.0. The lowest BCUT2D eigenvalue weighted by Crippen LogP contribution is -2.62. The average Bonchev–Trinajstić information content (AvgIpc) is 1.73. The van der Waals surface area contributed by atoms with Crippen molar-refractivity contribution in [1.82, 2.24) is 84.4 Å². The van der Waals surface area contributed by atoms with Gasteiger partial charge in [0, 0.05) is 24.9 Å². The number of aromatic amines is 1. The number of aliphatic carboxylic acids is 2. The fourth-order valence-corrected chi connectivity index (χ4v) is 11.1. The highest BCUT2D eigenvalue weighted by molar-refractivity contribution is 6.01. The Morgan fingerprint density at radius 2 is 0.809 bits per heavy atom. The summed E-state index contributed by atoms with van der Waals surface area (Å²) in [6, 6.07) is -17.8. The molecule has 43 nitrogen and oxygen atoms in total. The molecule has 0 radical (unpaired) electrons. The second-order valence-electron chi connectivity index (χ2n) is 29.1. The van der Waals surface area contributed by atoms with E-state index in [1.165, 1.54) is 38.5 Å². The number of amides is 14. The minimum Gasteiger partial charge on any atom is -0.508 e. The van der Waals surface area contributed by atoms with Gasteiger partial charge >= 0.3 is 11.9 Å². The van der Waals surface area contributed by atoms with Crippen molar-refractivity contribution in [3.05, 3.63) is 48.0 Å². The summed E-state index contributed by atoms with van der Waals surface area (Å²) in [5.74, 6) is -20.0. The van der Waals surface area contributed by atoms with Crippen molar-refractivity contribution in [3.8, 4) is 5.75 Å². The van der Waals surface area contributed by atoms with Crippen LogP contribution in [0.2, 0.25) is 0 Å². The highest BCUT2D eigenvalue weighted by atomic mass is 16.4. The number of carboxylic acids is 2. The van der Waals surface area contributed by atoms with E-state index >= 15 is 0 Å². The van der Waals surface area contributed by atoms with Crippen molar-refractivity contribution in [2.24, 2.45) is 45.9 Å². The number of nitrogens with zero attached hydrogens (tertiary/aromatic N) is 2. The molecular weight excluding hydrogens is 1510 g/mol. The van der Waals surface area contributed by atoms with Gasteiger partial charge in [0.25, 0.3) is 0 Å². The summed E-state index contributed by atoms with van der Waals surface area (Å²) >= 11 is 0. The highest BCUT2D eigenvalue weighted by Crippen LogP contribution is 2.17. The van der Waals surface area contributed by atoms with Crippen LogP contribution in [0, 0.1) is 23.7 Å². The number of guanidine groups is 1. The second-order valence-corrected chi connectivity index (χ2v) is 29.1. The molecule has 0 spiro atoms. The first kappa shape index (κ1) is 99.9. The number of aromatic nitrogens is 2. The third-order valence-electron chi connectivity index (χ3n) is 18.2. The fourth-order valence-electron chi connectivity index (χ4n) is 11.1. The number of rotatable bonds is 51. The molecule has 115 heavy (non-hydrogen) atoms. The first-order valence-electron chi connectivity index (χ1n) is 37.6. The molecule has 1 aromatic heterocycles. The van der Waals surface area contributed by atoms with Gasteiger partial charge in [0.05, 0.1) is 44.2 Å². The number of carbonyl (C=O) groups excluding carboxylic acids is 14. The third kappa shape index (κ3) is 35.0. The molecule has 0 fully saturated rings. The van der Waals surface area contributed by atoms with Crippen LogP contribution in [-0.4, -0.2) is 269 Å². The quantitative estimate of drug-likeness (QED) is 0.0166. The number of benzene rings is 1. The lowest BCUT2D eigenvalue weighted by Gasteiger charge is -2.30. The lowest BCUT2D eigenvalue weighted by atomic mass is 9.96. The van der Waals surface area contributed by atoms with E-state index in [1.54, 1.807) is 67.5 Å². The third-order valence-corrected chi connectivity index (χ3v) is 18.2. The summed E-state index contributed by atoms with van der Waals surface area (Å²) in [6.07, 6.45) is -1.92. The van der Waals surface area contributed by atoms with E-state index in [0.29, 0.717) is 17.7 Å².